The first kappa shape index (κ1) is 10.6. The number of hydrogen-bond donors (Lipinski definition) is 2. The zero-order valence-electron chi connectivity index (χ0n) is 8.53. The number of carboxylic acids is 1. The van der Waals surface area contributed by atoms with Gasteiger partial charge in [-0.05, 0) is 11.4 Å². The van der Waals surface area contributed by atoms with Gasteiger partial charge in [0.1, 0.15) is 6.04 Å². The average molecular weight is 268 g/mol. The van der Waals surface area contributed by atoms with Gasteiger partial charge in [-0.15, -0.1) is 21.5 Å². The van der Waals surface area contributed by atoms with Gasteiger partial charge in [-0.3, -0.25) is 0 Å². The fraction of sp³-hybridized carbons (Fsp3) is 0.222. The predicted octanol–water partition coefficient (Wildman–Crippen LogP) is 1.11. The topological polar surface area (TPSA) is 80.0 Å². The third kappa shape index (κ3) is 1.79. The number of nitrogens with zero attached hydrogens (tertiary/aromatic N) is 3. The number of aromatic nitrogens is 3. The fourth-order valence-electron chi connectivity index (χ4n) is 1.52. The Morgan fingerprint density at radius 2 is 2.47 bits per heavy atom. The quantitative estimate of drug-likeness (QED) is 0.849. The highest BCUT2D eigenvalue weighted by Crippen LogP contribution is 2.29. The van der Waals surface area contributed by atoms with Gasteiger partial charge < -0.3 is 10.5 Å². The lowest BCUT2D eigenvalue weighted by Crippen LogP contribution is -2.40. The lowest BCUT2D eigenvalue weighted by Gasteiger charge is -2.22. The van der Waals surface area contributed by atoms with Crippen molar-refractivity contribution >= 4 is 29.1 Å². The van der Waals surface area contributed by atoms with Crippen LogP contribution in [0.2, 0.25) is 0 Å². The molecule has 1 aliphatic rings. The number of hydrogen-bond acceptors (Lipinski definition) is 6. The van der Waals surface area contributed by atoms with E-state index in [4.69, 9.17) is 5.11 Å². The Balaban J connectivity index is 2.00. The molecule has 0 bridgehead atoms. The van der Waals surface area contributed by atoms with Crippen LogP contribution in [0.3, 0.4) is 0 Å². The van der Waals surface area contributed by atoms with Crippen LogP contribution in [0.5, 0.6) is 0 Å². The van der Waals surface area contributed by atoms with Crippen molar-refractivity contribution < 1.29 is 9.90 Å². The Bertz CT molecular complexity index is 551. The Hall–Kier alpha value is -1.54. The maximum atomic E-state index is 11.0. The molecule has 1 atom stereocenters. The SMILES string of the molecule is O=C(O)C1CSc2nnc(-c3cccs3)n2N1. The minimum atomic E-state index is -0.867. The van der Waals surface area contributed by atoms with Crippen LogP contribution in [-0.2, 0) is 4.79 Å². The van der Waals surface area contributed by atoms with Gasteiger partial charge in [-0.25, -0.2) is 9.47 Å². The summed E-state index contributed by atoms with van der Waals surface area (Å²) in [5, 5.41) is 19.8. The molecule has 88 valence electrons. The summed E-state index contributed by atoms with van der Waals surface area (Å²) in [5.41, 5.74) is 2.91. The van der Waals surface area contributed by atoms with E-state index in [1.165, 1.54) is 11.8 Å². The molecular weight excluding hydrogens is 260 g/mol. The number of nitrogens with one attached hydrogen (secondary N) is 1. The maximum Gasteiger partial charge on any atom is 0.328 e. The van der Waals surface area contributed by atoms with E-state index in [2.05, 4.69) is 15.6 Å². The van der Waals surface area contributed by atoms with Crippen molar-refractivity contribution in [3.63, 3.8) is 0 Å². The van der Waals surface area contributed by atoms with E-state index < -0.39 is 12.0 Å². The molecule has 0 aliphatic carbocycles. The monoisotopic (exact) mass is 268 g/mol. The smallest absolute Gasteiger partial charge is 0.328 e. The Labute approximate surface area is 105 Å². The predicted molar refractivity (Wildman–Crippen MR) is 64.8 cm³/mol. The fourth-order valence-corrected chi connectivity index (χ4v) is 3.12. The normalized spacial score (nSPS) is 18.5. The molecule has 8 heteroatoms. The van der Waals surface area contributed by atoms with E-state index in [0.717, 1.165) is 4.88 Å². The Morgan fingerprint density at radius 3 is 3.18 bits per heavy atom. The van der Waals surface area contributed by atoms with Crippen molar-refractivity contribution in [1.82, 2.24) is 14.9 Å². The summed E-state index contributed by atoms with van der Waals surface area (Å²) in [4.78, 5) is 11.9. The van der Waals surface area contributed by atoms with E-state index >= 15 is 0 Å². The van der Waals surface area contributed by atoms with Crippen LogP contribution in [0.25, 0.3) is 10.7 Å². The van der Waals surface area contributed by atoms with Crippen LogP contribution in [-0.4, -0.2) is 37.7 Å². The van der Waals surface area contributed by atoms with E-state index in [1.54, 1.807) is 16.0 Å². The third-order valence-corrected chi connectivity index (χ3v) is 4.23. The number of carboxylic acid groups (broad SMARTS) is 1. The van der Waals surface area contributed by atoms with Crippen LogP contribution in [0.4, 0.5) is 0 Å². The van der Waals surface area contributed by atoms with Gasteiger partial charge in [0.25, 0.3) is 0 Å². The number of rotatable bonds is 2. The molecule has 0 aromatic carbocycles. The second kappa shape index (κ2) is 4.04. The minimum absolute atomic E-state index is 0.456. The van der Waals surface area contributed by atoms with Gasteiger partial charge in [0.2, 0.25) is 5.16 Å². The zero-order chi connectivity index (χ0) is 11.8. The molecule has 0 fully saturated rings. The van der Waals surface area contributed by atoms with Gasteiger partial charge in [0.15, 0.2) is 5.82 Å². The molecule has 1 aliphatic heterocycles. The number of aliphatic carboxylic acids is 1. The van der Waals surface area contributed by atoms with Crippen LogP contribution in [0.15, 0.2) is 22.7 Å². The maximum absolute atomic E-state index is 11.0. The molecule has 1 unspecified atom stereocenters. The van der Waals surface area contributed by atoms with Crippen molar-refractivity contribution in [3.05, 3.63) is 17.5 Å². The first-order valence-corrected chi connectivity index (χ1v) is 6.73. The summed E-state index contributed by atoms with van der Waals surface area (Å²) in [6.45, 7) is 0. The number of carbonyl (C=O) groups is 1. The van der Waals surface area contributed by atoms with E-state index in [1.807, 2.05) is 17.5 Å². The van der Waals surface area contributed by atoms with Crippen molar-refractivity contribution in [2.75, 3.05) is 11.2 Å². The highest BCUT2D eigenvalue weighted by molar-refractivity contribution is 7.99. The standard InChI is InChI=1S/C9H8N4O2S2/c14-8(15)5-4-17-9-11-10-7(13(9)12-5)6-2-1-3-16-6/h1-3,5,12H,4H2,(H,14,15). The highest BCUT2D eigenvalue weighted by Gasteiger charge is 2.27. The summed E-state index contributed by atoms with van der Waals surface area (Å²) >= 11 is 2.94. The van der Waals surface area contributed by atoms with Gasteiger partial charge in [-0.2, -0.15) is 0 Å². The lowest BCUT2D eigenvalue weighted by molar-refractivity contribution is -0.137. The van der Waals surface area contributed by atoms with Gasteiger partial charge in [-0.1, -0.05) is 17.8 Å². The number of thioether (sulfide) groups is 1. The molecule has 0 amide bonds. The Kier molecular flexibility index (Phi) is 2.52. The molecule has 0 spiro atoms. The molecule has 3 heterocycles. The summed E-state index contributed by atoms with van der Waals surface area (Å²) in [7, 11) is 0. The Morgan fingerprint density at radius 1 is 1.59 bits per heavy atom. The summed E-state index contributed by atoms with van der Waals surface area (Å²) in [5.74, 6) is 0.250. The molecule has 6 nitrogen and oxygen atoms in total. The first-order valence-electron chi connectivity index (χ1n) is 4.87. The van der Waals surface area contributed by atoms with Crippen LogP contribution >= 0.6 is 23.1 Å². The highest BCUT2D eigenvalue weighted by atomic mass is 32.2. The zero-order valence-corrected chi connectivity index (χ0v) is 10.2. The van der Waals surface area contributed by atoms with Crippen molar-refractivity contribution in [3.8, 4) is 10.7 Å². The van der Waals surface area contributed by atoms with E-state index in [0.29, 0.717) is 16.7 Å². The molecule has 2 aromatic heterocycles. The van der Waals surface area contributed by atoms with E-state index in [9.17, 15) is 4.79 Å². The first-order chi connectivity index (χ1) is 8.25. The summed E-state index contributed by atoms with van der Waals surface area (Å²) < 4.78 is 1.65. The number of fused-ring (bicyclic) bond motifs is 1. The van der Waals surface area contributed by atoms with E-state index in [-0.39, 0.29) is 0 Å². The molecule has 0 saturated heterocycles. The molecule has 2 aromatic rings. The van der Waals surface area contributed by atoms with Crippen molar-refractivity contribution in [2.45, 2.75) is 11.2 Å². The molecule has 2 N–H and O–H groups in total. The second-order valence-corrected chi connectivity index (χ2v) is 5.38. The third-order valence-electron chi connectivity index (χ3n) is 2.34. The van der Waals surface area contributed by atoms with Gasteiger partial charge >= 0.3 is 5.97 Å². The minimum Gasteiger partial charge on any atom is -0.480 e. The molecule has 3 rings (SSSR count). The second-order valence-electron chi connectivity index (χ2n) is 3.45. The molecule has 0 saturated carbocycles. The van der Waals surface area contributed by atoms with Crippen molar-refractivity contribution in [1.29, 1.82) is 0 Å². The van der Waals surface area contributed by atoms with Gasteiger partial charge in [0.05, 0.1) is 4.88 Å². The van der Waals surface area contributed by atoms with Gasteiger partial charge in [0, 0.05) is 5.75 Å². The lowest BCUT2D eigenvalue weighted by atomic mass is 10.4. The largest absolute Gasteiger partial charge is 0.480 e. The summed E-state index contributed by atoms with van der Waals surface area (Å²) in [6, 6.07) is 3.24. The molecule has 17 heavy (non-hydrogen) atoms. The van der Waals surface area contributed by atoms with Crippen molar-refractivity contribution in [2.24, 2.45) is 0 Å². The van der Waals surface area contributed by atoms with Crippen LogP contribution in [0, 0.1) is 0 Å². The van der Waals surface area contributed by atoms with Crippen LogP contribution in [0.1, 0.15) is 0 Å². The average Bonchev–Trinajstić information content (AvgIpc) is 2.96. The van der Waals surface area contributed by atoms with Crippen LogP contribution < -0.4 is 5.43 Å². The number of thiophene rings is 1. The summed E-state index contributed by atoms with van der Waals surface area (Å²) in [6.07, 6.45) is 0. The molecule has 0 radical (unpaired) electrons. The molecular formula is C9H8N4O2S2.